The van der Waals surface area contributed by atoms with Gasteiger partial charge in [0, 0.05) is 19.4 Å². The standard InChI is InChI=1S/C62H116NO8P/c1-3-5-7-9-11-13-15-17-19-20-21-22-23-24-25-26-27-28-29-30-31-32-33-34-35-36-37-38-39-40-41-43-45-47-49-51-53-55-62(65)71-60(59-70-72(66,67)69-57-56-63)58-68-61(64)54-52-50-48-46-44-42-18-16-14-12-10-8-6-4-2/h5,7,11,13,17,19,21-22,60H,3-4,6,8-10,12,14-16,18,20,23-59,63H2,1-2H3,(H,66,67)/b7-5-,13-11-,19-17-,22-21-. The topological polar surface area (TPSA) is 134 Å². The largest absolute Gasteiger partial charge is 0.472 e. The van der Waals surface area contributed by atoms with Crippen molar-refractivity contribution in [2.45, 2.75) is 309 Å². The van der Waals surface area contributed by atoms with Gasteiger partial charge in [-0.25, -0.2) is 4.57 Å². The molecule has 2 atom stereocenters. The highest BCUT2D eigenvalue weighted by atomic mass is 31.2. The van der Waals surface area contributed by atoms with Crippen LogP contribution in [0.2, 0.25) is 0 Å². The third kappa shape index (κ3) is 57.3. The Balaban J connectivity index is 3.77. The van der Waals surface area contributed by atoms with E-state index in [-0.39, 0.29) is 38.6 Å². The highest BCUT2D eigenvalue weighted by molar-refractivity contribution is 7.47. The summed E-state index contributed by atoms with van der Waals surface area (Å²) in [6, 6.07) is 0. The normalized spacial score (nSPS) is 13.3. The molecule has 0 heterocycles. The van der Waals surface area contributed by atoms with E-state index in [2.05, 4.69) is 62.5 Å². The molecule has 3 N–H and O–H groups in total. The molecule has 0 saturated carbocycles. The SMILES string of the molecule is CC/C=C\C/C=C\C/C=C\C/C=C\CCCCCCCCCCCCCCCCCCCCCCCCCCC(=O)OC(COC(=O)CCCCCCCCCCCCCCCC)COP(=O)(O)OCCN. The molecule has 0 aliphatic heterocycles. The summed E-state index contributed by atoms with van der Waals surface area (Å²) in [6.45, 7) is 3.67. The minimum atomic E-state index is -4.38. The maximum atomic E-state index is 12.7. The molecular weight excluding hydrogens is 918 g/mol. The number of carbonyl (C=O) groups excluding carboxylic acids is 2. The van der Waals surface area contributed by atoms with Gasteiger partial charge in [-0.3, -0.25) is 18.6 Å². The van der Waals surface area contributed by atoms with E-state index < -0.39 is 26.5 Å². The van der Waals surface area contributed by atoms with Crippen molar-refractivity contribution in [1.82, 2.24) is 0 Å². The number of phosphoric ester groups is 1. The van der Waals surface area contributed by atoms with E-state index in [1.54, 1.807) is 0 Å². The van der Waals surface area contributed by atoms with E-state index in [1.807, 2.05) is 0 Å². The molecule has 0 aliphatic carbocycles. The van der Waals surface area contributed by atoms with Crippen molar-refractivity contribution < 1.29 is 37.6 Å². The Labute approximate surface area is 445 Å². The second-order valence-electron chi connectivity index (χ2n) is 20.6. The molecule has 0 bridgehead atoms. The first-order chi connectivity index (χ1) is 35.3. The van der Waals surface area contributed by atoms with E-state index in [0.717, 1.165) is 57.8 Å². The Hall–Kier alpha value is -2.03. The smallest absolute Gasteiger partial charge is 0.462 e. The summed E-state index contributed by atoms with van der Waals surface area (Å²) < 4.78 is 33.0. The summed E-state index contributed by atoms with van der Waals surface area (Å²) >= 11 is 0. The lowest BCUT2D eigenvalue weighted by atomic mass is 10.0. The zero-order chi connectivity index (χ0) is 52.4. The number of ether oxygens (including phenoxy) is 2. The highest BCUT2D eigenvalue weighted by Gasteiger charge is 2.26. The molecule has 9 nitrogen and oxygen atoms in total. The molecule has 0 rings (SSSR count). The zero-order valence-electron chi connectivity index (χ0n) is 47.2. The van der Waals surface area contributed by atoms with Crippen LogP contribution in [0.3, 0.4) is 0 Å². The first-order valence-electron chi connectivity index (χ1n) is 30.6. The number of phosphoric acid groups is 1. The fourth-order valence-electron chi connectivity index (χ4n) is 8.98. The van der Waals surface area contributed by atoms with Crippen LogP contribution in [0.5, 0.6) is 0 Å². The Morgan fingerprint density at radius 2 is 0.764 bits per heavy atom. The molecule has 0 aromatic carbocycles. The number of rotatable bonds is 58. The van der Waals surface area contributed by atoms with Gasteiger partial charge in [-0.2, -0.15) is 0 Å². The number of hydrogen-bond acceptors (Lipinski definition) is 8. The van der Waals surface area contributed by atoms with Crippen LogP contribution >= 0.6 is 7.82 Å². The molecule has 0 aromatic rings. The van der Waals surface area contributed by atoms with Gasteiger partial charge in [0.05, 0.1) is 13.2 Å². The van der Waals surface area contributed by atoms with Crippen LogP contribution in [0.25, 0.3) is 0 Å². The van der Waals surface area contributed by atoms with Crippen molar-refractivity contribution in [2.24, 2.45) is 5.73 Å². The molecule has 0 saturated heterocycles. The van der Waals surface area contributed by atoms with Crippen molar-refractivity contribution in [3.8, 4) is 0 Å². The monoisotopic (exact) mass is 1030 g/mol. The molecule has 2 unspecified atom stereocenters. The van der Waals surface area contributed by atoms with Crippen molar-refractivity contribution in [2.75, 3.05) is 26.4 Å². The van der Waals surface area contributed by atoms with Gasteiger partial charge in [-0.05, 0) is 51.4 Å². The van der Waals surface area contributed by atoms with E-state index in [9.17, 15) is 19.0 Å². The second kappa shape index (κ2) is 58.2. The fraction of sp³-hybridized carbons (Fsp3) is 0.839. The predicted octanol–water partition coefficient (Wildman–Crippen LogP) is 19.4. The number of allylic oxidation sites excluding steroid dienone is 8. The van der Waals surface area contributed by atoms with E-state index >= 15 is 0 Å². The summed E-state index contributed by atoms with van der Waals surface area (Å²) in [6.07, 6.45) is 72.0. The molecule has 0 aliphatic rings. The molecular formula is C62H116NO8P. The van der Waals surface area contributed by atoms with E-state index in [4.69, 9.17) is 24.3 Å². The molecule has 0 aromatic heterocycles. The highest BCUT2D eigenvalue weighted by Crippen LogP contribution is 2.43. The van der Waals surface area contributed by atoms with Crippen LogP contribution in [0.4, 0.5) is 0 Å². The summed E-state index contributed by atoms with van der Waals surface area (Å²) in [5.74, 6) is -0.810. The van der Waals surface area contributed by atoms with Crippen LogP contribution < -0.4 is 5.73 Å². The number of unbranched alkanes of at least 4 members (excludes halogenated alkanes) is 37. The zero-order valence-corrected chi connectivity index (χ0v) is 48.1. The van der Waals surface area contributed by atoms with Crippen molar-refractivity contribution in [3.05, 3.63) is 48.6 Å². The van der Waals surface area contributed by atoms with Gasteiger partial charge in [0.25, 0.3) is 0 Å². The van der Waals surface area contributed by atoms with E-state index in [1.165, 1.54) is 212 Å². The number of esters is 2. The van der Waals surface area contributed by atoms with Crippen molar-refractivity contribution >= 4 is 19.8 Å². The molecule has 0 spiro atoms. The lowest BCUT2D eigenvalue weighted by Crippen LogP contribution is -2.29. The van der Waals surface area contributed by atoms with Crippen molar-refractivity contribution in [1.29, 1.82) is 0 Å². The average Bonchev–Trinajstić information content (AvgIpc) is 3.37. The van der Waals surface area contributed by atoms with Crippen LogP contribution in [-0.4, -0.2) is 49.3 Å². The van der Waals surface area contributed by atoms with Crippen LogP contribution in [0.15, 0.2) is 48.6 Å². The average molecular weight is 1030 g/mol. The molecule has 0 radical (unpaired) electrons. The predicted molar refractivity (Wildman–Crippen MR) is 307 cm³/mol. The number of hydrogen-bond donors (Lipinski definition) is 2. The van der Waals surface area contributed by atoms with Gasteiger partial charge >= 0.3 is 19.8 Å². The summed E-state index contributed by atoms with van der Waals surface area (Å²) in [5, 5.41) is 0. The van der Waals surface area contributed by atoms with Crippen LogP contribution in [0, 0.1) is 0 Å². The fourth-order valence-corrected chi connectivity index (χ4v) is 9.75. The van der Waals surface area contributed by atoms with Gasteiger partial charge < -0.3 is 20.1 Å². The first-order valence-corrected chi connectivity index (χ1v) is 32.1. The van der Waals surface area contributed by atoms with Gasteiger partial charge in [0.2, 0.25) is 0 Å². The Bertz CT molecular complexity index is 1320. The van der Waals surface area contributed by atoms with Crippen molar-refractivity contribution in [3.63, 3.8) is 0 Å². The number of carbonyl (C=O) groups is 2. The van der Waals surface area contributed by atoms with Gasteiger partial charge in [-0.1, -0.05) is 287 Å². The lowest BCUT2D eigenvalue weighted by molar-refractivity contribution is -0.161. The molecule has 0 fully saturated rings. The summed E-state index contributed by atoms with van der Waals surface area (Å²) in [5.41, 5.74) is 5.38. The Kier molecular flexibility index (Phi) is 56.6. The third-order valence-electron chi connectivity index (χ3n) is 13.5. The second-order valence-corrected chi connectivity index (χ2v) is 22.0. The minimum absolute atomic E-state index is 0.0561. The maximum absolute atomic E-state index is 12.7. The van der Waals surface area contributed by atoms with Gasteiger partial charge in [0.1, 0.15) is 6.61 Å². The van der Waals surface area contributed by atoms with Gasteiger partial charge in [-0.15, -0.1) is 0 Å². The lowest BCUT2D eigenvalue weighted by Gasteiger charge is -2.19. The molecule has 0 amide bonds. The van der Waals surface area contributed by atoms with Crippen LogP contribution in [0.1, 0.15) is 303 Å². The Morgan fingerprint density at radius 1 is 0.431 bits per heavy atom. The maximum Gasteiger partial charge on any atom is 0.472 e. The third-order valence-corrected chi connectivity index (χ3v) is 14.5. The summed E-state index contributed by atoms with van der Waals surface area (Å²) in [4.78, 5) is 35.1. The molecule has 72 heavy (non-hydrogen) atoms. The van der Waals surface area contributed by atoms with Gasteiger partial charge in [0.15, 0.2) is 6.10 Å². The van der Waals surface area contributed by atoms with E-state index in [0.29, 0.717) is 6.42 Å². The van der Waals surface area contributed by atoms with Crippen LogP contribution in [-0.2, 0) is 32.7 Å². The molecule has 10 heteroatoms. The molecule has 422 valence electrons. The Morgan fingerprint density at radius 3 is 1.14 bits per heavy atom. The quantitative estimate of drug-likeness (QED) is 0.0264. The first kappa shape index (κ1) is 70.0. The summed E-state index contributed by atoms with van der Waals surface area (Å²) in [7, 11) is -4.38. The number of nitrogens with two attached hydrogens (primary N) is 1. The minimum Gasteiger partial charge on any atom is -0.462 e.